The summed E-state index contributed by atoms with van der Waals surface area (Å²) in [7, 11) is 0. The summed E-state index contributed by atoms with van der Waals surface area (Å²) in [6.45, 7) is 2.91. The Morgan fingerprint density at radius 1 is 0.568 bits per heavy atom. The van der Waals surface area contributed by atoms with Crippen molar-refractivity contribution in [3.63, 3.8) is 0 Å². The van der Waals surface area contributed by atoms with E-state index in [1.165, 1.54) is 0 Å². The molecule has 0 aromatic heterocycles. The number of hydrogen-bond donors (Lipinski definition) is 0. The second-order valence-corrected chi connectivity index (χ2v) is 15.3. The minimum absolute atomic E-state index is 0.145. The minimum atomic E-state index is -3.89. The van der Waals surface area contributed by atoms with Crippen molar-refractivity contribution in [3.05, 3.63) is 121 Å². The van der Waals surface area contributed by atoms with E-state index in [1.807, 2.05) is 72.8 Å². The Hall–Kier alpha value is -3.22. The second kappa shape index (κ2) is 11.4. The molecule has 192 valence electrons. The molecule has 2 nitrogen and oxygen atoms in total. The molecule has 3 heteroatoms. The topological polar surface area (TPSA) is 26.3 Å². The van der Waals surface area contributed by atoms with Gasteiger partial charge in [0.05, 0.1) is 0 Å². The van der Waals surface area contributed by atoms with Crippen LogP contribution in [-0.4, -0.2) is 5.97 Å². The molecule has 4 aromatic carbocycles. The molecule has 0 bridgehead atoms. The van der Waals surface area contributed by atoms with Gasteiger partial charge in [0.25, 0.3) is 0 Å². The van der Waals surface area contributed by atoms with Gasteiger partial charge >= 0.3 is 223 Å². The first kappa shape index (κ1) is 26.8. The van der Waals surface area contributed by atoms with E-state index in [2.05, 4.69) is 69.3 Å². The summed E-state index contributed by atoms with van der Waals surface area (Å²) >= 11 is 0. The van der Waals surface area contributed by atoms with E-state index in [4.69, 9.17) is 4.52 Å². The molecule has 4 aromatic rings. The zero-order chi connectivity index (χ0) is 26.2. The van der Waals surface area contributed by atoms with Crippen molar-refractivity contribution in [2.45, 2.75) is 52.9 Å². The van der Waals surface area contributed by atoms with Crippen LogP contribution >= 0.6 is 6.83 Å². The Kier molecular flexibility index (Phi) is 8.30. The zero-order valence-electron chi connectivity index (χ0n) is 22.3. The van der Waals surface area contributed by atoms with E-state index >= 15 is 0 Å². The molecular weight excluding hydrogens is 471 g/mol. The van der Waals surface area contributed by atoms with Crippen LogP contribution in [0.15, 0.2) is 121 Å². The Bertz CT molecular complexity index is 1090. The Morgan fingerprint density at radius 3 is 1.24 bits per heavy atom. The summed E-state index contributed by atoms with van der Waals surface area (Å²) in [6, 6.07) is 41.5. The van der Waals surface area contributed by atoms with E-state index < -0.39 is 6.83 Å². The molecule has 0 saturated carbocycles. The SMILES string of the molecule is CC(C)(C)CCCCCC(=O)OP(c1ccccc1)(c1ccccc1)(c1ccccc1)c1ccccc1. The molecule has 0 aliphatic carbocycles. The number of benzene rings is 4. The normalized spacial score (nSPS) is 12.9. The van der Waals surface area contributed by atoms with Crippen molar-refractivity contribution in [2.75, 3.05) is 0 Å². The quantitative estimate of drug-likeness (QED) is 0.165. The van der Waals surface area contributed by atoms with Gasteiger partial charge in [-0.15, -0.1) is 0 Å². The van der Waals surface area contributed by atoms with E-state index in [9.17, 15) is 4.79 Å². The van der Waals surface area contributed by atoms with E-state index in [0.29, 0.717) is 11.8 Å². The fraction of sp³-hybridized carbons (Fsp3) is 0.265. The number of carbonyl (C=O) groups excluding carboxylic acids is 1. The van der Waals surface area contributed by atoms with E-state index in [0.717, 1.165) is 46.9 Å². The van der Waals surface area contributed by atoms with Gasteiger partial charge in [-0.25, -0.2) is 0 Å². The average molecular weight is 511 g/mol. The molecule has 0 spiro atoms. The van der Waals surface area contributed by atoms with Crippen LogP contribution < -0.4 is 21.2 Å². The second-order valence-electron chi connectivity index (χ2n) is 11.0. The molecule has 0 heterocycles. The van der Waals surface area contributed by atoms with Crippen LogP contribution in [0.4, 0.5) is 0 Å². The molecule has 0 saturated heterocycles. The van der Waals surface area contributed by atoms with Crippen LogP contribution in [0.2, 0.25) is 0 Å². The van der Waals surface area contributed by atoms with E-state index in [-0.39, 0.29) is 5.97 Å². The molecule has 0 N–H and O–H groups in total. The van der Waals surface area contributed by atoms with Crippen LogP contribution in [0.3, 0.4) is 0 Å². The van der Waals surface area contributed by atoms with Crippen LogP contribution in [0, 0.1) is 5.41 Å². The van der Waals surface area contributed by atoms with Gasteiger partial charge in [-0.05, 0) is 0 Å². The summed E-state index contributed by atoms with van der Waals surface area (Å²) in [5, 5.41) is 4.10. The first-order valence-electron chi connectivity index (χ1n) is 13.3. The van der Waals surface area contributed by atoms with Crippen LogP contribution in [0.5, 0.6) is 0 Å². The Balaban J connectivity index is 1.90. The monoisotopic (exact) mass is 510 g/mol. The number of rotatable bonds is 10. The van der Waals surface area contributed by atoms with Crippen LogP contribution in [-0.2, 0) is 9.32 Å². The third kappa shape index (κ3) is 5.41. The maximum absolute atomic E-state index is 13.9. The molecule has 37 heavy (non-hydrogen) atoms. The molecule has 0 fully saturated rings. The van der Waals surface area contributed by atoms with Crippen molar-refractivity contribution in [2.24, 2.45) is 5.41 Å². The summed E-state index contributed by atoms with van der Waals surface area (Å²) in [4.78, 5) is 13.9. The molecular formula is C34H39O2P. The first-order chi connectivity index (χ1) is 17.9. The fourth-order valence-corrected chi connectivity index (χ4v) is 11.0. The average Bonchev–Trinajstić information content (AvgIpc) is 2.93. The van der Waals surface area contributed by atoms with Crippen molar-refractivity contribution in [1.82, 2.24) is 0 Å². The van der Waals surface area contributed by atoms with Gasteiger partial charge in [0.1, 0.15) is 0 Å². The van der Waals surface area contributed by atoms with Crippen molar-refractivity contribution >= 4 is 34.0 Å². The molecule has 0 unspecified atom stereocenters. The number of hydrogen-bond acceptors (Lipinski definition) is 2. The van der Waals surface area contributed by atoms with Gasteiger partial charge in [0.2, 0.25) is 0 Å². The third-order valence-corrected chi connectivity index (χ3v) is 12.8. The predicted molar refractivity (Wildman–Crippen MR) is 160 cm³/mol. The first-order valence-corrected chi connectivity index (χ1v) is 15.5. The maximum atomic E-state index is 13.9. The molecule has 4 rings (SSSR count). The van der Waals surface area contributed by atoms with Gasteiger partial charge < -0.3 is 0 Å². The summed E-state index contributed by atoms with van der Waals surface area (Å²) < 4.78 is 7.11. The third-order valence-electron chi connectivity index (χ3n) is 7.09. The molecule has 0 aliphatic heterocycles. The van der Waals surface area contributed by atoms with Crippen LogP contribution in [0.1, 0.15) is 52.9 Å². The van der Waals surface area contributed by atoms with Gasteiger partial charge in [-0.2, -0.15) is 0 Å². The van der Waals surface area contributed by atoms with Crippen LogP contribution in [0.25, 0.3) is 0 Å². The summed E-state index contributed by atoms with van der Waals surface area (Å²) in [5.74, 6) is -0.145. The summed E-state index contributed by atoms with van der Waals surface area (Å²) in [6.07, 6.45) is 4.53. The summed E-state index contributed by atoms with van der Waals surface area (Å²) in [5.41, 5.74) is 0.313. The van der Waals surface area contributed by atoms with Crippen molar-refractivity contribution < 1.29 is 9.32 Å². The van der Waals surface area contributed by atoms with Gasteiger partial charge in [0, 0.05) is 0 Å². The number of unbranched alkanes of at least 4 members (excludes halogenated alkanes) is 2. The van der Waals surface area contributed by atoms with E-state index in [1.54, 1.807) is 0 Å². The molecule has 0 radical (unpaired) electrons. The Morgan fingerprint density at radius 2 is 0.919 bits per heavy atom. The molecule has 0 aliphatic rings. The number of carbonyl (C=O) groups is 1. The molecule has 0 atom stereocenters. The fourth-order valence-electron chi connectivity index (χ4n) is 5.31. The van der Waals surface area contributed by atoms with Crippen molar-refractivity contribution in [1.29, 1.82) is 0 Å². The van der Waals surface area contributed by atoms with Crippen molar-refractivity contribution in [3.8, 4) is 0 Å². The Labute approximate surface area is 222 Å². The van der Waals surface area contributed by atoms with Gasteiger partial charge in [-0.1, -0.05) is 0 Å². The predicted octanol–water partition coefficient (Wildman–Crippen LogP) is 7.30. The van der Waals surface area contributed by atoms with Gasteiger partial charge in [-0.3, -0.25) is 0 Å². The zero-order valence-corrected chi connectivity index (χ0v) is 23.2. The standard InChI is InChI=1S/C34H39O2P/c1-34(2,3)28-18-8-17-27-33(35)36-37(29-19-9-4-10-20-29,30-21-11-5-12-22-30,31-23-13-6-14-24-31)32-25-15-7-16-26-32/h4-7,9-16,19-26H,8,17-18,27-28H2,1-3H3. The van der Waals surface area contributed by atoms with Gasteiger partial charge in [0.15, 0.2) is 0 Å². The molecule has 0 amide bonds.